The van der Waals surface area contributed by atoms with E-state index < -0.39 is 5.92 Å². The number of Topliss-reactive ketones (excluding diaryl/α,β-unsaturated/α-hetero) is 1. The van der Waals surface area contributed by atoms with E-state index in [4.69, 9.17) is 9.47 Å². The number of anilines is 2. The second kappa shape index (κ2) is 12.8. The SMILES string of the molecule is CCN(CC)c1ccc([C@@H]2C(C(=O)Nc3ccccc3C)=C(C)NC3=C2C(=O)C[C@@H](c2ccc(OC)c(OC)c2)C3)cc1. The molecule has 3 aromatic rings. The minimum atomic E-state index is -0.482. The molecule has 0 saturated carbocycles. The van der Waals surface area contributed by atoms with Crippen LogP contribution >= 0.6 is 0 Å². The second-order valence-corrected chi connectivity index (χ2v) is 11.2. The van der Waals surface area contributed by atoms with Gasteiger partial charge in [-0.3, -0.25) is 9.59 Å². The number of rotatable bonds is 9. The van der Waals surface area contributed by atoms with Gasteiger partial charge in [-0.15, -0.1) is 0 Å². The van der Waals surface area contributed by atoms with Gasteiger partial charge in [0.1, 0.15) is 0 Å². The number of methoxy groups -OCH3 is 2. The van der Waals surface area contributed by atoms with Gasteiger partial charge in [0.05, 0.1) is 14.2 Å². The fourth-order valence-electron chi connectivity index (χ4n) is 6.38. The van der Waals surface area contributed by atoms with Crippen molar-refractivity contribution in [3.8, 4) is 11.5 Å². The summed E-state index contributed by atoms with van der Waals surface area (Å²) in [4.78, 5) is 30.4. The summed E-state index contributed by atoms with van der Waals surface area (Å²) >= 11 is 0. The first-order valence-electron chi connectivity index (χ1n) is 15.0. The van der Waals surface area contributed by atoms with Gasteiger partial charge in [0.15, 0.2) is 17.3 Å². The van der Waals surface area contributed by atoms with Crippen LogP contribution in [-0.2, 0) is 9.59 Å². The molecule has 0 spiro atoms. The van der Waals surface area contributed by atoms with Crippen LogP contribution in [-0.4, -0.2) is 39.0 Å². The Kier molecular flexibility index (Phi) is 8.90. The number of carbonyl (C=O) groups is 2. The van der Waals surface area contributed by atoms with Crippen LogP contribution in [0.15, 0.2) is 89.3 Å². The van der Waals surface area contributed by atoms with Crippen LogP contribution in [0.4, 0.5) is 11.4 Å². The fourth-order valence-corrected chi connectivity index (χ4v) is 6.38. The first kappa shape index (κ1) is 30.0. The number of nitrogens with zero attached hydrogens (tertiary/aromatic N) is 1. The maximum absolute atomic E-state index is 14.1. The number of ketones is 1. The molecule has 43 heavy (non-hydrogen) atoms. The lowest BCUT2D eigenvalue weighted by molar-refractivity contribution is -0.116. The summed E-state index contributed by atoms with van der Waals surface area (Å²) in [5, 5.41) is 6.61. The summed E-state index contributed by atoms with van der Waals surface area (Å²) in [5.74, 6) is 0.615. The highest BCUT2D eigenvalue weighted by atomic mass is 16.5. The first-order chi connectivity index (χ1) is 20.8. The molecule has 2 aliphatic rings. The quantitative estimate of drug-likeness (QED) is 0.288. The number of hydrogen-bond acceptors (Lipinski definition) is 6. The molecule has 224 valence electrons. The zero-order chi connectivity index (χ0) is 30.7. The molecule has 3 aromatic carbocycles. The summed E-state index contributed by atoms with van der Waals surface area (Å²) < 4.78 is 11.0. The zero-order valence-corrected chi connectivity index (χ0v) is 25.9. The maximum atomic E-state index is 14.1. The third-order valence-electron chi connectivity index (χ3n) is 8.70. The molecular formula is C36H41N3O4. The third kappa shape index (κ3) is 5.89. The van der Waals surface area contributed by atoms with Gasteiger partial charge in [-0.1, -0.05) is 36.4 Å². The van der Waals surface area contributed by atoms with E-state index in [0.717, 1.165) is 52.5 Å². The van der Waals surface area contributed by atoms with Crippen molar-refractivity contribution in [2.24, 2.45) is 0 Å². The average molecular weight is 580 g/mol. The van der Waals surface area contributed by atoms with Crippen LogP contribution in [0.5, 0.6) is 11.5 Å². The molecule has 2 atom stereocenters. The van der Waals surface area contributed by atoms with Gasteiger partial charge in [0, 0.05) is 59.3 Å². The summed E-state index contributed by atoms with van der Waals surface area (Å²) in [7, 11) is 3.23. The van der Waals surface area contributed by atoms with Gasteiger partial charge in [-0.05, 0) is 87.1 Å². The third-order valence-corrected chi connectivity index (χ3v) is 8.70. The molecule has 0 bridgehead atoms. The Morgan fingerprint density at radius 3 is 2.23 bits per heavy atom. The van der Waals surface area contributed by atoms with Crippen molar-refractivity contribution in [2.75, 3.05) is 37.5 Å². The van der Waals surface area contributed by atoms with E-state index in [2.05, 4.69) is 53.6 Å². The highest BCUT2D eigenvalue weighted by Crippen LogP contribution is 2.46. The topological polar surface area (TPSA) is 79.9 Å². The molecular weight excluding hydrogens is 538 g/mol. The van der Waals surface area contributed by atoms with Crippen molar-refractivity contribution < 1.29 is 19.1 Å². The molecule has 7 nitrogen and oxygen atoms in total. The molecule has 0 aromatic heterocycles. The van der Waals surface area contributed by atoms with Crippen LogP contribution in [0.2, 0.25) is 0 Å². The maximum Gasteiger partial charge on any atom is 0.254 e. The van der Waals surface area contributed by atoms with Crippen molar-refractivity contribution in [2.45, 2.75) is 52.4 Å². The van der Waals surface area contributed by atoms with E-state index in [1.807, 2.05) is 56.3 Å². The van der Waals surface area contributed by atoms with E-state index in [1.54, 1.807) is 14.2 Å². The minimum absolute atomic E-state index is 0.0283. The Morgan fingerprint density at radius 2 is 1.58 bits per heavy atom. The highest BCUT2D eigenvalue weighted by molar-refractivity contribution is 6.10. The second-order valence-electron chi connectivity index (χ2n) is 11.2. The molecule has 1 heterocycles. The zero-order valence-electron chi connectivity index (χ0n) is 25.9. The Morgan fingerprint density at radius 1 is 0.907 bits per heavy atom. The molecule has 1 amide bonds. The molecule has 7 heteroatoms. The van der Waals surface area contributed by atoms with Crippen molar-refractivity contribution in [1.29, 1.82) is 0 Å². The summed E-state index contributed by atoms with van der Waals surface area (Å²) in [6.07, 6.45) is 0.990. The summed E-state index contributed by atoms with van der Waals surface area (Å²) in [6, 6.07) is 21.9. The van der Waals surface area contributed by atoms with Gasteiger partial charge >= 0.3 is 0 Å². The van der Waals surface area contributed by atoms with Gasteiger partial charge in [0.25, 0.3) is 5.91 Å². The van der Waals surface area contributed by atoms with Crippen LogP contribution in [0.1, 0.15) is 62.1 Å². The van der Waals surface area contributed by atoms with E-state index in [9.17, 15) is 9.59 Å². The lowest BCUT2D eigenvalue weighted by atomic mass is 9.71. The minimum Gasteiger partial charge on any atom is -0.493 e. The van der Waals surface area contributed by atoms with Crippen LogP contribution in [0.3, 0.4) is 0 Å². The predicted octanol–water partition coefficient (Wildman–Crippen LogP) is 6.86. The van der Waals surface area contributed by atoms with E-state index in [0.29, 0.717) is 35.5 Å². The van der Waals surface area contributed by atoms with Crippen molar-refractivity contribution in [3.05, 3.63) is 106 Å². The highest BCUT2D eigenvalue weighted by Gasteiger charge is 2.41. The van der Waals surface area contributed by atoms with Crippen molar-refractivity contribution in [1.82, 2.24) is 5.32 Å². The molecule has 5 rings (SSSR count). The number of ether oxygens (including phenoxy) is 2. The van der Waals surface area contributed by atoms with E-state index in [-0.39, 0.29) is 17.6 Å². The lowest BCUT2D eigenvalue weighted by Crippen LogP contribution is -2.37. The number of hydrogen-bond donors (Lipinski definition) is 2. The smallest absolute Gasteiger partial charge is 0.254 e. The molecule has 0 saturated heterocycles. The average Bonchev–Trinajstić information content (AvgIpc) is 3.02. The molecule has 0 radical (unpaired) electrons. The number of nitrogens with one attached hydrogen (secondary N) is 2. The molecule has 1 aliphatic carbocycles. The number of benzene rings is 3. The number of amides is 1. The largest absolute Gasteiger partial charge is 0.493 e. The van der Waals surface area contributed by atoms with Gasteiger partial charge in [0.2, 0.25) is 0 Å². The predicted molar refractivity (Wildman–Crippen MR) is 172 cm³/mol. The number of carbonyl (C=O) groups excluding carboxylic acids is 2. The number of para-hydroxylation sites is 1. The number of allylic oxidation sites excluding steroid dienone is 3. The number of dihydropyridines is 1. The molecule has 1 aliphatic heterocycles. The Labute approximate surface area is 254 Å². The molecule has 0 unspecified atom stereocenters. The molecule has 0 fully saturated rings. The van der Waals surface area contributed by atoms with Crippen molar-refractivity contribution in [3.63, 3.8) is 0 Å². The van der Waals surface area contributed by atoms with Gasteiger partial charge in [-0.25, -0.2) is 0 Å². The Bertz CT molecular complexity index is 1580. The van der Waals surface area contributed by atoms with Crippen LogP contribution < -0.4 is 25.0 Å². The van der Waals surface area contributed by atoms with E-state index >= 15 is 0 Å². The normalized spacial score (nSPS) is 18.1. The summed E-state index contributed by atoms with van der Waals surface area (Å²) in [5.41, 5.74) is 7.66. The first-order valence-corrected chi connectivity index (χ1v) is 15.0. The van der Waals surface area contributed by atoms with Crippen LogP contribution in [0, 0.1) is 6.92 Å². The monoisotopic (exact) mass is 579 g/mol. The van der Waals surface area contributed by atoms with Crippen LogP contribution in [0.25, 0.3) is 0 Å². The lowest BCUT2D eigenvalue weighted by Gasteiger charge is -2.37. The van der Waals surface area contributed by atoms with Gasteiger partial charge < -0.3 is 25.0 Å². The molecule has 2 N–H and O–H groups in total. The number of aryl methyl sites for hydroxylation is 1. The van der Waals surface area contributed by atoms with Gasteiger partial charge in [-0.2, -0.15) is 0 Å². The Balaban J connectivity index is 1.56. The van der Waals surface area contributed by atoms with Crippen molar-refractivity contribution >= 4 is 23.1 Å². The standard InChI is InChI=1S/C36H41N3O4/c1-7-39(8-2)27-16-13-24(14-17-27)34-33(36(41)38-28-12-10-9-11-22(28)3)23(4)37-29-19-26(20-30(40)35(29)34)25-15-18-31(42-5)32(21-25)43-6/h9-18,21,26,34,37H,7-8,19-20H2,1-6H3,(H,38,41)/t26-,34+/m0/s1. The van der Waals surface area contributed by atoms with E-state index in [1.165, 1.54) is 0 Å². The Hall–Kier alpha value is -4.52. The fraction of sp³-hybridized carbons (Fsp3) is 0.333. The summed E-state index contributed by atoms with van der Waals surface area (Å²) in [6.45, 7) is 9.97.